The molecule has 2 aromatic heterocycles. The third-order valence-electron chi connectivity index (χ3n) is 6.08. The van der Waals surface area contributed by atoms with Gasteiger partial charge in [-0.15, -0.1) is 0 Å². The first kappa shape index (κ1) is 17.1. The first-order valence-corrected chi connectivity index (χ1v) is 9.96. The van der Waals surface area contributed by atoms with Crippen LogP contribution < -0.4 is 10.2 Å². The SMILES string of the molecule is N#CC[N+]1(Cc2ccnc3c2NC(=O)c2cccnc2N3C2CC2)CCCC1. The molecule has 142 valence electrons. The highest BCUT2D eigenvalue weighted by Gasteiger charge is 2.40. The lowest BCUT2D eigenvalue weighted by atomic mass is 10.1. The van der Waals surface area contributed by atoms with Gasteiger partial charge in [0.15, 0.2) is 12.4 Å². The van der Waals surface area contributed by atoms with Gasteiger partial charge in [0.2, 0.25) is 0 Å². The molecule has 0 unspecified atom stereocenters. The number of nitrogens with zero attached hydrogens (tertiary/aromatic N) is 5. The van der Waals surface area contributed by atoms with Gasteiger partial charge >= 0.3 is 0 Å². The number of pyridine rings is 2. The van der Waals surface area contributed by atoms with E-state index in [0.29, 0.717) is 24.0 Å². The summed E-state index contributed by atoms with van der Waals surface area (Å²) in [4.78, 5) is 24.3. The van der Waals surface area contributed by atoms with E-state index < -0.39 is 0 Å². The lowest BCUT2D eigenvalue weighted by Gasteiger charge is -2.33. The molecular formula is C21H23N6O+. The van der Waals surface area contributed by atoms with Gasteiger partial charge < -0.3 is 14.7 Å². The van der Waals surface area contributed by atoms with Crippen molar-refractivity contribution in [3.05, 3.63) is 41.7 Å². The Morgan fingerprint density at radius 3 is 2.71 bits per heavy atom. The van der Waals surface area contributed by atoms with Crippen molar-refractivity contribution in [1.82, 2.24) is 9.97 Å². The summed E-state index contributed by atoms with van der Waals surface area (Å²) in [5.41, 5.74) is 2.41. The third kappa shape index (κ3) is 2.81. The van der Waals surface area contributed by atoms with Crippen LogP contribution in [0.25, 0.3) is 0 Å². The number of carbonyl (C=O) groups is 1. The zero-order valence-corrected chi connectivity index (χ0v) is 15.8. The van der Waals surface area contributed by atoms with Crippen molar-refractivity contribution in [2.24, 2.45) is 0 Å². The number of hydrogen-bond acceptors (Lipinski definition) is 5. The average Bonchev–Trinajstić information content (AvgIpc) is 3.45. The Kier molecular flexibility index (Phi) is 4.02. The number of nitrogens with one attached hydrogen (secondary N) is 1. The van der Waals surface area contributed by atoms with Crippen molar-refractivity contribution in [3.8, 4) is 6.07 Å². The standard InChI is InChI=1S/C21H22N6O/c22-8-13-27(11-1-2-12-27)14-15-7-10-24-20-18(15)25-21(28)17-4-3-9-23-19(17)26(20)16-5-6-16/h3-4,7,9-10,16H,1-2,5-6,11-14H2/p+1. The van der Waals surface area contributed by atoms with Crippen LogP contribution in [0.2, 0.25) is 0 Å². The van der Waals surface area contributed by atoms with Crippen LogP contribution in [-0.2, 0) is 6.54 Å². The number of quaternary nitrogens is 1. The van der Waals surface area contributed by atoms with Gasteiger partial charge in [-0.05, 0) is 31.0 Å². The molecule has 0 bridgehead atoms. The highest BCUT2D eigenvalue weighted by molar-refractivity contribution is 6.11. The fourth-order valence-electron chi connectivity index (χ4n) is 4.56. The van der Waals surface area contributed by atoms with E-state index in [0.717, 1.165) is 66.9 Å². The number of likely N-dealkylation sites (tertiary alicyclic amines) is 1. The van der Waals surface area contributed by atoms with Crippen LogP contribution in [0, 0.1) is 11.3 Å². The Hall–Kier alpha value is -2.98. The lowest BCUT2D eigenvalue weighted by Crippen LogP contribution is -2.44. The minimum absolute atomic E-state index is 0.144. The van der Waals surface area contributed by atoms with Crippen LogP contribution in [0.4, 0.5) is 17.3 Å². The Bertz CT molecular complexity index is 971. The largest absolute Gasteiger partial charge is 0.318 e. The van der Waals surface area contributed by atoms with E-state index in [9.17, 15) is 10.1 Å². The van der Waals surface area contributed by atoms with E-state index in [2.05, 4.69) is 26.3 Å². The third-order valence-corrected chi connectivity index (χ3v) is 6.08. The summed E-state index contributed by atoms with van der Waals surface area (Å²) in [5.74, 6) is 1.32. The monoisotopic (exact) mass is 375 g/mol. The molecular weight excluding hydrogens is 352 g/mol. The minimum atomic E-state index is -0.144. The summed E-state index contributed by atoms with van der Waals surface area (Å²) in [5, 5.41) is 12.5. The zero-order chi connectivity index (χ0) is 19.1. The summed E-state index contributed by atoms with van der Waals surface area (Å²) in [6.45, 7) is 3.25. The fourth-order valence-corrected chi connectivity index (χ4v) is 4.56. The molecule has 0 spiro atoms. The number of fused-ring (bicyclic) bond motifs is 2. The summed E-state index contributed by atoms with van der Waals surface area (Å²) in [6, 6.07) is 8.31. The minimum Gasteiger partial charge on any atom is -0.318 e. The topological polar surface area (TPSA) is 81.9 Å². The Morgan fingerprint density at radius 2 is 1.96 bits per heavy atom. The smallest absolute Gasteiger partial charge is 0.259 e. The molecule has 4 heterocycles. The van der Waals surface area contributed by atoms with Crippen molar-refractivity contribution in [2.45, 2.75) is 38.3 Å². The number of carbonyl (C=O) groups excluding carboxylic acids is 1. The molecule has 5 rings (SSSR count). The maximum atomic E-state index is 13.0. The molecule has 3 aliphatic rings. The molecule has 0 radical (unpaired) electrons. The van der Waals surface area contributed by atoms with Gasteiger partial charge in [0.1, 0.15) is 18.4 Å². The van der Waals surface area contributed by atoms with Crippen LogP contribution >= 0.6 is 0 Å². The van der Waals surface area contributed by atoms with Gasteiger partial charge in [0.25, 0.3) is 5.91 Å². The van der Waals surface area contributed by atoms with E-state index >= 15 is 0 Å². The van der Waals surface area contributed by atoms with Gasteiger partial charge in [-0.3, -0.25) is 4.79 Å². The quantitative estimate of drug-likeness (QED) is 0.656. The van der Waals surface area contributed by atoms with Crippen LogP contribution in [-0.4, -0.2) is 46.0 Å². The van der Waals surface area contributed by atoms with E-state index in [1.807, 2.05) is 18.3 Å². The first-order chi connectivity index (χ1) is 13.7. The second-order valence-corrected chi connectivity index (χ2v) is 8.07. The Morgan fingerprint density at radius 1 is 1.18 bits per heavy atom. The highest BCUT2D eigenvalue weighted by atomic mass is 16.1. The molecule has 2 fully saturated rings. The molecule has 2 aromatic rings. The van der Waals surface area contributed by atoms with Crippen molar-refractivity contribution in [2.75, 3.05) is 29.9 Å². The number of hydrogen-bond donors (Lipinski definition) is 1. The Labute approximate surface area is 164 Å². The molecule has 0 aromatic carbocycles. The maximum Gasteiger partial charge on any atom is 0.259 e. The fraction of sp³-hybridized carbons (Fsp3) is 0.429. The molecule has 1 saturated heterocycles. The maximum absolute atomic E-state index is 13.0. The van der Waals surface area contributed by atoms with Gasteiger partial charge in [0, 0.05) is 36.8 Å². The molecule has 1 aliphatic carbocycles. The summed E-state index contributed by atoms with van der Waals surface area (Å²) in [6.07, 6.45) is 7.99. The number of amides is 1. The second-order valence-electron chi connectivity index (χ2n) is 8.07. The van der Waals surface area contributed by atoms with Gasteiger partial charge in [-0.2, -0.15) is 5.26 Å². The number of aromatic nitrogens is 2. The molecule has 1 saturated carbocycles. The first-order valence-electron chi connectivity index (χ1n) is 9.96. The summed E-state index contributed by atoms with van der Waals surface area (Å²) < 4.78 is 0.761. The van der Waals surface area contributed by atoms with Crippen LogP contribution in [0.3, 0.4) is 0 Å². The van der Waals surface area contributed by atoms with E-state index in [-0.39, 0.29) is 5.91 Å². The molecule has 7 nitrogen and oxygen atoms in total. The normalized spacial score (nSPS) is 20.0. The predicted molar refractivity (Wildman–Crippen MR) is 105 cm³/mol. The highest BCUT2D eigenvalue weighted by Crippen LogP contribution is 2.44. The summed E-state index contributed by atoms with van der Waals surface area (Å²) >= 11 is 0. The van der Waals surface area contributed by atoms with Gasteiger partial charge in [-0.1, -0.05) is 0 Å². The predicted octanol–water partition coefficient (Wildman–Crippen LogP) is 2.98. The van der Waals surface area contributed by atoms with Crippen molar-refractivity contribution in [3.63, 3.8) is 0 Å². The second kappa shape index (κ2) is 6.57. The van der Waals surface area contributed by atoms with E-state index in [1.54, 1.807) is 12.3 Å². The molecule has 0 atom stereocenters. The molecule has 2 aliphatic heterocycles. The van der Waals surface area contributed by atoms with Crippen molar-refractivity contribution in [1.29, 1.82) is 5.26 Å². The molecule has 7 heteroatoms. The zero-order valence-electron chi connectivity index (χ0n) is 15.8. The number of anilines is 3. The van der Waals surface area contributed by atoms with Gasteiger partial charge in [-0.25, -0.2) is 9.97 Å². The summed E-state index contributed by atoms with van der Waals surface area (Å²) in [7, 11) is 0. The number of nitriles is 1. The van der Waals surface area contributed by atoms with Crippen LogP contribution in [0.15, 0.2) is 30.6 Å². The molecule has 1 N–H and O–H groups in total. The Balaban J connectivity index is 1.61. The molecule has 1 amide bonds. The number of rotatable bonds is 4. The average molecular weight is 375 g/mol. The molecule has 28 heavy (non-hydrogen) atoms. The van der Waals surface area contributed by atoms with E-state index in [4.69, 9.17) is 0 Å². The van der Waals surface area contributed by atoms with E-state index in [1.165, 1.54) is 0 Å². The van der Waals surface area contributed by atoms with Gasteiger partial charge in [0.05, 0.1) is 24.3 Å². The van der Waals surface area contributed by atoms with Crippen LogP contribution in [0.5, 0.6) is 0 Å². The lowest BCUT2D eigenvalue weighted by molar-refractivity contribution is -0.923. The van der Waals surface area contributed by atoms with Crippen molar-refractivity contribution >= 4 is 23.2 Å². The van der Waals surface area contributed by atoms with Crippen molar-refractivity contribution < 1.29 is 9.28 Å². The van der Waals surface area contributed by atoms with Crippen LogP contribution in [0.1, 0.15) is 41.6 Å².